The van der Waals surface area contributed by atoms with Crippen LogP contribution < -0.4 is 11.0 Å². The number of hydrogen-bond acceptors (Lipinski definition) is 4. The quantitative estimate of drug-likeness (QED) is 0.624. The van der Waals surface area contributed by atoms with Crippen LogP contribution in [0, 0.1) is 0 Å². The molecule has 25 heavy (non-hydrogen) atoms. The summed E-state index contributed by atoms with van der Waals surface area (Å²) >= 11 is 0. The van der Waals surface area contributed by atoms with Crippen LogP contribution >= 0.6 is 0 Å². The molecule has 0 aliphatic carbocycles. The maximum Gasteiger partial charge on any atom is 0.406 e. The standard InChI is InChI=1S/C15H14F3N3O4/c1-25-12(22)3-2-6-19-13(23)9-4-5-11-10(7-9)20-14(24)21(11)8-15(16,17)18/h2-5,7H,6,8H2,1H3,(H,19,23)(H,20,24)/b3-2+. The van der Waals surface area contributed by atoms with E-state index in [1.54, 1.807) is 0 Å². The highest BCUT2D eigenvalue weighted by Gasteiger charge is 2.29. The molecule has 0 saturated carbocycles. The zero-order valence-corrected chi connectivity index (χ0v) is 13.0. The van der Waals surface area contributed by atoms with Gasteiger partial charge in [0.1, 0.15) is 6.54 Å². The first-order valence-corrected chi connectivity index (χ1v) is 7.03. The lowest BCUT2D eigenvalue weighted by atomic mass is 10.2. The summed E-state index contributed by atoms with van der Waals surface area (Å²) in [6, 6.07) is 3.85. The summed E-state index contributed by atoms with van der Waals surface area (Å²) in [6.07, 6.45) is -2.02. The van der Waals surface area contributed by atoms with Crippen molar-refractivity contribution in [2.45, 2.75) is 12.7 Å². The topological polar surface area (TPSA) is 93.2 Å². The molecule has 0 bridgehead atoms. The summed E-state index contributed by atoms with van der Waals surface area (Å²) in [4.78, 5) is 36.8. The number of benzene rings is 1. The molecule has 0 aliphatic rings. The highest BCUT2D eigenvalue weighted by molar-refractivity contribution is 5.97. The second-order valence-corrected chi connectivity index (χ2v) is 5.00. The number of hydrogen-bond donors (Lipinski definition) is 2. The largest absolute Gasteiger partial charge is 0.466 e. The molecule has 1 amide bonds. The van der Waals surface area contributed by atoms with Gasteiger partial charge in [-0.15, -0.1) is 0 Å². The van der Waals surface area contributed by atoms with Gasteiger partial charge in [-0.05, 0) is 18.2 Å². The van der Waals surface area contributed by atoms with Crippen LogP contribution in [0.4, 0.5) is 13.2 Å². The van der Waals surface area contributed by atoms with Crippen LogP contribution in [-0.4, -0.2) is 41.3 Å². The van der Waals surface area contributed by atoms with E-state index >= 15 is 0 Å². The van der Waals surface area contributed by atoms with Crippen LogP contribution in [0.3, 0.4) is 0 Å². The summed E-state index contributed by atoms with van der Waals surface area (Å²) in [7, 11) is 1.21. The molecule has 7 nitrogen and oxygen atoms in total. The zero-order valence-electron chi connectivity index (χ0n) is 13.0. The van der Waals surface area contributed by atoms with Crippen molar-refractivity contribution in [3.05, 3.63) is 46.4 Å². The molecule has 2 aromatic rings. The molecule has 0 unspecified atom stereocenters. The van der Waals surface area contributed by atoms with Gasteiger partial charge >= 0.3 is 17.8 Å². The minimum absolute atomic E-state index is 0.0458. The Morgan fingerprint density at radius 3 is 2.72 bits per heavy atom. The minimum atomic E-state index is -4.54. The first-order chi connectivity index (χ1) is 11.7. The number of nitrogens with zero attached hydrogens (tertiary/aromatic N) is 1. The normalized spacial score (nSPS) is 11.8. The average Bonchev–Trinajstić information content (AvgIpc) is 2.84. The van der Waals surface area contributed by atoms with Crippen molar-refractivity contribution < 1.29 is 27.5 Å². The number of imidazole rings is 1. The maximum atomic E-state index is 12.5. The van der Waals surface area contributed by atoms with Crippen molar-refractivity contribution in [3.8, 4) is 0 Å². The van der Waals surface area contributed by atoms with Gasteiger partial charge in [0.15, 0.2) is 0 Å². The second-order valence-electron chi connectivity index (χ2n) is 5.00. The zero-order chi connectivity index (χ0) is 18.6. The molecule has 2 rings (SSSR count). The predicted molar refractivity (Wildman–Crippen MR) is 82.1 cm³/mol. The number of carbonyl (C=O) groups is 2. The lowest BCUT2D eigenvalue weighted by Crippen LogP contribution is -2.26. The van der Waals surface area contributed by atoms with Crippen LogP contribution in [0.2, 0.25) is 0 Å². The third-order valence-electron chi connectivity index (χ3n) is 3.21. The molecular weight excluding hydrogens is 343 g/mol. The average molecular weight is 357 g/mol. The van der Waals surface area contributed by atoms with E-state index in [9.17, 15) is 27.6 Å². The van der Waals surface area contributed by atoms with Gasteiger partial charge in [-0.25, -0.2) is 9.59 Å². The van der Waals surface area contributed by atoms with E-state index < -0.39 is 30.3 Å². The Morgan fingerprint density at radius 1 is 1.36 bits per heavy atom. The number of H-pyrrole nitrogens is 1. The number of aromatic nitrogens is 2. The summed E-state index contributed by atoms with van der Waals surface area (Å²) < 4.78 is 42.5. The van der Waals surface area contributed by atoms with E-state index in [1.165, 1.54) is 31.4 Å². The number of carbonyl (C=O) groups excluding carboxylic acids is 2. The van der Waals surface area contributed by atoms with Crippen molar-refractivity contribution in [2.75, 3.05) is 13.7 Å². The van der Waals surface area contributed by atoms with Gasteiger partial charge in [0.2, 0.25) is 0 Å². The van der Waals surface area contributed by atoms with E-state index in [-0.39, 0.29) is 23.1 Å². The monoisotopic (exact) mass is 357 g/mol. The van der Waals surface area contributed by atoms with Gasteiger partial charge in [0.05, 0.1) is 18.1 Å². The number of nitrogens with one attached hydrogen (secondary N) is 2. The Hall–Kier alpha value is -3.04. The first-order valence-electron chi connectivity index (χ1n) is 7.03. The Balaban J connectivity index is 2.16. The molecule has 134 valence electrons. The number of rotatable bonds is 5. The van der Waals surface area contributed by atoms with Crippen LogP contribution in [0.25, 0.3) is 11.0 Å². The van der Waals surface area contributed by atoms with E-state index in [4.69, 9.17) is 0 Å². The fourth-order valence-electron chi connectivity index (χ4n) is 2.12. The number of alkyl halides is 3. The van der Waals surface area contributed by atoms with Crippen molar-refractivity contribution in [3.63, 3.8) is 0 Å². The number of amides is 1. The number of aromatic amines is 1. The minimum Gasteiger partial charge on any atom is -0.466 e. The molecule has 0 atom stereocenters. The maximum absolute atomic E-state index is 12.5. The van der Waals surface area contributed by atoms with Crippen LogP contribution in [0.5, 0.6) is 0 Å². The van der Waals surface area contributed by atoms with Crippen molar-refractivity contribution in [2.24, 2.45) is 0 Å². The highest BCUT2D eigenvalue weighted by Crippen LogP contribution is 2.20. The van der Waals surface area contributed by atoms with Crippen LogP contribution in [0.15, 0.2) is 35.1 Å². The van der Waals surface area contributed by atoms with Crippen molar-refractivity contribution >= 4 is 22.9 Å². The van der Waals surface area contributed by atoms with Crippen LogP contribution in [0.1, 0.15) is 10.4 Å². The summed E-state index contributed by atoms with van der Waals surface area (Å²) in [5.74, 6) is -1.08. The fraction of sp³-hybridized carbons (Fsp3) is 0.267. The Kier molecular flexibility index (Phi) is 5.30. The molecular formula is C15H14F3N3O4. The summed E-state index contributed by atoms with van der Waals surface area (Å²) in [5.41, 5.74) is -0.596. The van der Waals surface area contributed by atoms with Gasteiger partial charge in [-0.1, -0.05) is 6.08 Å². The number of fused-ring (bicyclic) bond motifs is 1. The molecule has 0 spiro atoms. The van der Waals surface area contributed by atoms with E-state index in [2.05, 4.69) is 15.0 Å². The molecule has 0 aliphatic heterocycles. The summed E-state index contributed by atoms with van der Waals surface area (Å²) in [5, 5.41) is 2.49. The Morgan fingerprint density at radius 2 is 2.08 bits per heavy atom. The molecule has 10 heteroatoms. The molecule has 0 radical (unpaired) electrons. The second kappa shape index (κ2) is 7.24. The van der Waals surface area contributed by atoms with E-state index in [0.717, 1.165) is 6.08 Å². The van der Waals surface area contributed by atoms with Gasteiger partial charge < -0.3 is 15.0 Å². The van der Waals surface area contributed by atoms with E-state index in [1.807, 2.05) is 0 Å². The lowest BCUT2D eigenvalue weighted by Gasteiger charge is -2.07. The highest BCUT2D eigenvalue weighted by atomic mass is 19.4. The number of halogens is 3. The van der Waals surface area contributed by atoms with Gasteiger partial charge in [0, 0.05) is 18.2 Å². The predicted octanol–water partition coefficient (Wildman–Crippen LogP) is 1.35. The number of methoxy groups -OCH3 is 1. The molecule has 2 N–H and O–H groups in total. The van der Waals surface area contributed by atoms with Gasteiger partial charge in [-0.2, -0.15) is 13.2 Å². The number of esters is 1. The van der Waals surface area contributed by atoms with Gasteiger partial charge in [-0.3, -0.25) is 9.36 Å². The third-order valence-corrected chi connectivity index (χ3v) is 3.21. The van der Waals surface area contributed by atoms with Gasteiger partial charge in [0.25, 0.3) is 5.91 Å². The van der Waals surface area contributed by atoms with Crippen LogP contribution in [-0.2, 0) is 16.1 Å². The number of ether oxygens (including phenoxy) is 1. The Bertz CT molecular complexity index is 880. The SMILES string of the molecule is COC(=O)/C=C/CNC(=O)c1ccc2c(c1)[nH]c(=O)n2CC(F)(F)F. The van der Waals surface area contributed by atoms with Crippen molar-refractivity contribution in [1.29, 1.82) is 0 Å². The third kappa shape index (κ3) is 4.72. The first kappa shape index (κ1) is 18.3. The molecule has 0 fully saturated rings. The molecule has 1 heterocycles. The molecule has 1 aromatic heterocycles. The molecule has 0 saturated heterocycles. The fourth-order valence-corrected chi connectivity index (χ4v) is 2.12. The van der Waals surface area contributed by atoms with Crippen molar-refractivity contribution in [1.82, 2.24) is 14.9 Å². The summed E-state index contributed by atoms with van der Waals surface area (Å²) in [6.45, 7) is -1.37. The smallest absolute Gasteiger partial charge is 0.406 e. The van der Waals surface area contributed by atoms with E-state index in [0.29, 0.717) is 4.57 Å². The lowest BCUT2D eigenvalue weighted by molar-refractivity contribution is -0.140. The molecule has 1 aromatic carbocycles. The Labute approximate surface area is 139 Å².